The average Bonchev–Trinajstić information content (AvgIpc) is 3.48. The van der Waals surface area contributed by atoms with Crippen LogP contribution in [-0.2, 0) is 32.2 Å². The molecule has 0 saturated carbocycles. The summed E-state index contributed by atoms with van der Waals surface area (Å²) in [6.45, 7) is 4.43. The van der Waals surface area contributed by atoms with E-state index in [1.165, 1.54) is 0 Å². The van der Waals surface area contributed by atoms with Crippen molar-refractivity contribution in [2.24, 2.45) is 0 Å². The third-order valence-corrected chi connectivity index (χ3v) is 5.24. The number of furan rings is 1. The van der Waals surface area contributed by atoms with Crippen LogP contribution in [0.25, 0.3) is 0 Å². The highest BCUT2D eigenvalue weighted by Crippen LogP contribution is 2.16. The van der Waals surface area contributed by atoms with Gasteiger partial charge in [-0.15, -0.1) is 0 Å². The van der Waals surface area contributed by atoms with Gasteiger partial charge in [0.15, 0.2) is 0 Å². The van der Waals surface area contributed by atoms with Crippen molar-refractivity contribution in [2.45, 2.75) is 45.4 Å². The quantitative estimate of drug-likeness (QED) is 0.519. The number of carbonyl (C=O) groups excluding carboxylic acids is 2. The van der Waals surface area contributed by atoms with E-state index in [2.05, 4.69) is 0 Å². The smallest absolute Gasteiger partial charge is 0.249 e. The van der Waals surface area contributed by atoms with Gasteiger partial charge in [-0.05, 0) is 37.0 Å². The Labute approximate surface area is 183 Å². The highest BCUT2D eigenvalue weighted by Gasteiger charge is 2.26. The number of ether oxygens (including phenoxy) is 2. The average molecular weight is 429 g/mol. The van der Waals surface area contributed by atoms with Gasteiger partial charge in [0, 0.05) is 19.7 Å². The van der Waals surface area contributed by atoms with Crippen molar-refractivity contribution in [3.8, 4) is 0 Å². The second-order valence-corrected chi connectivity index (χ2v) is 7.78. The molecule has 7 heteroatoms. The van der Waals surface area contributed by atoms with Crippen molar-refractivity contribution in [2.75, 3.05) is 32.8 Å². The molecule has 2 heterocycles. The fourth-order valence-electron chi connectivity index (χ4n) is 3.63. The second kappa shape index (κ2) is 12.3. The summed E-state index contributed by atoms with van der Waals surface area (Å²) in [5.41, 5.74) is 1.01. The molecule has 1 fully saturated rings. The number of nitrogens with zero attached hydrogens (tertiary/aromatic N) is 2. The second-order valence-electron chi connectivity index (χ2n) is 7.78. The lowest BCUT2D eigenvalue weighted by molar-refractivity contribution is -0.144. The molecule has 0 radical (unpaired) electrons. The van der Waals surface area contributed by atoms with E-state index in [4.69, 9.17) is 13.9 Å². The van der Waals surface area contributed by atoms with Crippen LogP contribution in [-0.4, -0.2) is 60.6 Å². The lowest BCUT2D eigenvalue weighted by atomic mass is 10.2. The molecule has 0 aliphatic carbocycles. The lowest BCUT2D eigenvalue weighted by Gasteiger charge is -2.28. The van der Waals surface area contributed by atoms with Crippen LogP contribution in [0.2, 0.25) is 0 Å². The van der Waals surface area contributed by atoms with Crippen molar-refractivity contribution in [3.63, 3.8) is 0 Å². The Morgan fingerprint density at radius 1 is 1.10 bits per heavy atom. The molecule has 0 N–H and O–H groups in total. The Morgan fingerprint density at radius 3 is 2.61 bits per heavy atom. The first-order valence-electron chi connectivity index (χ1n) is 11.0. The predicted molar refractivity (Wildman–Crippen MR) is 116 cm³/mol. The van der Waals surface area contributed by atoms with Crippen LogP contribution in [0, 0.1) is 0 Å². The van der Waals surface area contributed by atoms with Crippen LogP contribution in [0.3, 0.4) is 0 Å². The maximum absolute atomic E-state index is 13.1. The molecule has 1 unspecified atom stereocenters. The molecule has 1 aliphatic rings. The van der Waals surface area contributed by atoms with E-state index < -0.39 is 0 Å². The molecule has 1 aliphatic heterocycles. The summed E-state index contributed by atoms with van der Waals surface area (Å²) >= 11 is 0. The lowest BCUT2D eigenvalue weighted by Crippen LogP contribution is -2.46. The van der Waals surface area contributed by atoms with E-state index >= 15 is 0 Å². The Bertz CT molecular complexity index is 788. The van der Waals surface area contributed by atoms with Crippen molar-refractivity contribution < 1.29 is 23.5 Å². The Morgan fingerprint density at radius 2 is 1.94 bits per heavy atom. The zero-order valence-electron chi connectivity index (χ0n) is 18.2. The van der Waals surface area contributed by atoms with E-state index in [1.54, 1.807) is 22.1 Å². The maximum atomic E-state index is 13.1. The number of amides is 2. The normalized spacial score (nSPS) is 15.7. The molecule has 1 aromatic heterocycles. The van der Waals surface area contributed by atoms with E-state index in [0.717, 1.165) is 31.4 Å². The monoisotopic (exact) mass is 428 g/mol. The fourth-order valence-corrected chi connectivity index (χ4v) is 3.63. The zero-order valence-corrected chi connectivity index (χ0v) is 18.2. The molecule has 2 aromatic rings. The molecule has 1 saturated heterocycles. The SMILES string of the molecule is CCCN(CC(=O)N(Cc1ccco1)CC1CCCO1)C(=O)COCc1ccccc1. The first-order valence-corrected chi connectivity index (χ1v) is 11.0. The zero-order chi connectivity index (χ0) is 21.9. The van der Waals surface area contributed by atoms with E-state index in [9.17, 15) is 9.59 Å². The number of hydrogen-bond donors (Lipinski definition) is 0. The maximum Gasteiger partial charge on any atom is 0.249 e. The van der Waals surface area contributed by atoms with Crippen LogP contribution < -0.4 is 0 Å². The standard InChI is InChI=1S/C24H32N2O5/c1-2-12-25(24(28)19-29-18-20-8-4-3-5-9-20)17-23(27)26(15-21-10-6-13-30-21)16-22-11-7-14-31-22/h3-6,8-10,13,22H,2,7,11-12,14-19H2,1H3. The van der Waals surface area contributed by atoms with Gasteiger partial charge in [0.2, 0.25) is 11.8 Å². The third-order valence-electron chi connectivity index (χ3n) is 5.24. The minimum atomic E-state index is -0.179. The minimum absolute atomic E-state index is 0.0226. The number of benzene rings is 1. The van der Waals surface area contributed by atoms with Crippen LogP contribution in [0.5, 0.6) is 0 Å². The molecule has 3 rings (SSSR count). The molecular formula is C24H32N2O5. The first-order chi connectivity index (χ1) is 15.2. The van der Waals surface area contributed by atoms with Gasteiger partial charge in [0.25, 0.3) is 0 Å². The molecule has 168 valence electrons. The summed E-state index contributed by atoms with van der Waals surface area (Å²) in [4.78, 5) is 29.2. The molecule has 1 aromatic carbocycles. The van der Waals surface area contributed by atoms with Crippen molar-refractivity contribution >= 4 is 11.8 Å². The van der Waals surface area contributed by atoms with Gasteiger partial charge >= 0.3 is 0 Å². The van der Waals surface area contributed by atoms with Gasteiger partial charge in [-0.1, -0.05) is 37.3 Å². The first kappa shape index (κ1) is 23.0. The summed E-state index contributed by atoms with van der Waals surface area (Å²) in [5, 5.41) is 0. The van der Waals surface area contributed by atoms with Gasteiger partial charge in [-0.3, -0.25) is 9.59 Å². The topological polar surface area (TPSA) is 72.2 Å². The molecule has 0 spiro atoms. The summed E-state index contributed by atoms with van der Waals surface area (Å²) < 4.78 is 16.8. The highest BCUT2D eigenvalue weighted by molar-refractivity contribution is 5.85. The Balaban J connectivity index is 1.56. The molecule has 2 amide bonds. The van der Waals surface area contributed by atoms with Gasteiger partial charge in [0.05, 0.1) is 32.1 Å². The minimum Gasteiger partial charge on any atom is -0.467 e. The summed E-state index contributed by atoms with van der Waals surface area (Å²) in [7, 11) is 0. The fraction of sp³-hybridized carbons (Fsp3) is 0.500. The Hall–Kier alpha value is -2.64. The van der Waals surface area contributed by atoms with Gasteiger partial charge in [0.1, 0.15) is 12.4 Å². The van der Waals surface area contributed by atoms with E-state index in [0.29, 0.717) is 32.0 Å². The number of hydrogen-bond acceptors (Lipinski definition) is 5. The van der Waals surface area contributed by atoms with Crippen LogP contribution in [0.4, 0.5) is 0 Å². The van der Waals surface area contributed by atoms with E-state index in [1.807, 2.05) is 43.3 Å². The molecule has 31 heavy (non-hydrogen) atoms. The summed E-state index contributed by atoms with van der Waals surface area (Å²) in [5.74, 6) is 0.420. The summed E-state index contributed by atoms with van der Waals surface area (Å²) in [6, 6.07) is 13.4. The largest absolute Gasteiger partial charge is 0.467 e. The number of rotatable bonds is 12. The Kier molecular flexibility index (Phi) is 9.12. The summed E-state index contributed by atoms with van der Waals surface area (Å²) in [6.07, 6.45) is 4.34. The predicted octanol–water partition coefficient (Wildman–Crippen LogP) is 3.24. The molecular weight excluding hydrogens is 396 g/mol. The highest BCUT2D eigenvalue weighted by atomic mass is 16.5. The van der Waals surface area contributed by atoms with Gasteiger partial charge in [-0.2, -0.15) is 0 Å². The molecule has 1 atom stereocenters. The van der Waals surface area contributed by atoms with Crippen molar-refractivity contribution in [1.29, 1.82) is 0 Å². The van der Waals surface area contributed by atoms with Crippen LogP contribution in [0.15, 0.2) is 53.1 Å². The van der Waals surface area contributed by atoms with Crippen molar-refractivity contribution in [3.05, 3.63) is 60.1 Å². The van der Waals surface area contributed by atoms with Gasteiger partial charge < -0.3 is 23.7 Å². The number of carbonyl (C=O) groups is 2. The van der Waals surface area contributed by atoms with E-state index in [-0.39, 0.29) is 31.1 Å². The van der Waals surface area contributed by atoms with Crippen LogP contribution >= 0.6 is 0 Å². The molecule has 7 nitrogen and oxygen atoms in total. The van der Waals surface area contributed by atoms with Crippen LogP contribution in [0.1, 0.15) is 37.5 Å². The third kappa shape index (κ3) is 7.52. The molecule has 0 bridgehead atoms. The van der Waals surface area contributed by atoms with Gasteiger partial charge in [-0.25, -0.2) is 0 Å². The van der Waals surface area contributed by atoms with Crippen molar-refractivity contribution in [1.82, 2.24) is 9.80 Å².